The van der Waals surface area contributed by atoms with Gasteiger partial charge in [0, 0.05) is 12.2 Å². The Balaban J connectivity index is 2.95. The molecule has 1 aromatic heterocycles. The normalized spacial score (nSPS) is 11.3. The van der Waals surface area contributed by atoms with Crippen LogP contribution >= 0.6 is 0 Å². The second kappa shape index (κ2) is 6.62. The van der Waals surface area contributed by atoms with E-state index in [-0.39, 0.29) is 5.97 Å². The van der Waals surface area contributed by atoms with Gasteiger partial charge >= 0.3 is 5.97 Å². The minimum absolute atomic E-state index is 0.244. The van der Waals surface area contributed by atoms with Crippen LogP contribution in [0.3, 0.4) is 0 Å². The van der Waals surface area contributed by atoms with Crippen molar-refractivity contribution in [2.45, 2.75) is 47.1 Å². The lowest BCUT2D eigenvalue weighted by Crippen LogP contribution is -2.16. The Hall–Kier alpha value is -1.25. The molecule has 102 valence electrons. The number of methoxy groups -OCH3 is 1. The Morgan fingerprint density at radius 1 is 1.22 bits per heavy atom. The summed E-state index contributed by atoms with van der Waals surface area (Å²) in [6.07, 6.45) is 2.16. The first-order valence-electron chi connectivity index (χ1n) is 6.72. The van der Waals surface area contributed by atoms with Gasteiger partial charge in [-0.05, 0) is 36.8 Å². The summed E-state index contributed by atoms with van der Waals surface area (Å²) in [6, 6.07) is 3.93. The lowest BCUT2D eigenvalue weighted by atomic mass is 10.1. The smallest absolute Gasteiger partial charge is 0.354 e. The van der Waals surface area contributed by atoms with Crippen LogP contribution in [0.5, 0.6) is 0 Å². The maximum atomic E-state index is 11.7. The first-order chi connectivity index (χ1) is 8.45. The average Bonchev–Trinajstić information content (AvgIpc) is 2.67. The summed E-state index contributed by atoms with van der Waals surface area (Å²) in [5, 5.41) is 0. The molecule has 0 saturated heterocycles. The molecule has 3 nitrogen and oxygen atoms in total. The van der Waals surface area contributed by atoms with E-state index in [0.717, 1.165) is 19.4 Å². The van der Waals surface area contributed by atoms with Gasteiger partial charge in [0.2, 0.25) is 0 Å². The fraction of sp³-hybridized carbons (Fsp3) is 0.667. The molecule has 0 bridgehead atoms. The predicted molar refractivity (Wildman–Crippen MR) is 73.8 cm³/mol. The summed E-state index contributed by atoms with van der Waals surface area (Å²) >= 11 is 0. The van der Waals surface area contributed by atoms with Crippen LogP contribution in [0.25, 0.3) is 0 Å². The number of nitrogens with zero attached hydrogens (tertiary/aromatic N) is 1. The maximum Gasteiger partial charge on any atom is 0.354 e. The van der Waals surface area contributed by atoms with Crippen LogP contribution in [0.2, 0.25) is 0 Å². The molecule has 0 fully saturated rings. The Kier molecular flexibility index (Phi) is 5.45. The Morgan fingerprint density at radius 3 is 2.39 bits per heavy atom. The number of rotatable bonds is 6. The summed E-state index contributed by atoms with van der Waals surface area (Å²) in [4.78, 5) is 11.7. The van der Waals surface area contributed by atoms with Crippen LogP contribution in [0.15, 0.2) is 12.1 Å². The summed E-state index contributed by atoms with van der Waals surface area (Å²) in [7, 11) is 1.43. The SMILES string of the molecule is COC(=O)c1ccc(CCC(C)C)n1CC(C)C. The van der Waals surface area contributed by atoms with Crippen LogP contribution in [0.4, 0.5) is 0 Å². The van der Waals surface area contributed by atoms with E-state index in [0.29, 0.717) is 17.5 Å². The zero-order chi connectivity index (χ0) is 13.7. The first-order valence-corrected chi connectivity index (χ1v) is 6.72. The zero-order valence-electron chi connectivity index (χ0n) is 12.2. The van der Waals surface area contributed by atoms with Gasteiger partial charge in [-0.15, -0.1) is 0 Å². The number of carbonyl (C=O) groups excluding carboxylic acids is 1. The van der Waals surface area contributed by atoms with Gasteiger partial charge in [-0.1, -0.05) is 27.7 Å². The molecule has 0 saturated carbocycles. The topological polar surface area (TPSA) is 31.2 Å². The molecular formula is C15H25NO2. The van der Waals surface area contributed by atoms with Crippen LogP contribution in [-0.4, -0.2) is 17.6 Å². The number of aromatic nitrogens is 1. The lowest BCUT2D eigenvalue weighted by molar-refractivity contribution is 0.0587. The third-order valence-electron chi connectivity index (χ3n) is 2.99. The summed E-state index contributed by atoms with van der Waals surface area (Å²) in [5.74, 6) is 0.944. The van der Waals surface area contributed by atoms with Crippen LogP contribution in [0, 0.1) is 11.8 Å². The van der Waals surface area contributed by atoms with Crippen molar-refractivity contribution in [2.24, 2.45) is 11.8 Å². The summed E-state index contributed by atoms with van der Waals surface area (Å²) in [5.41, 5.74) is 1.91. The van der Waals surface area contributed by atoms with Gasteiger partial charge < -0.3 is 9.30 Å². The molecule has 0 aliphatic rings. The molecule has 0 aliphatic carbocycles. The Bertz CT molecular complexity index is 391. The van der Waals surface area contributed by atoms with Crippen molar-refractivity contribution in [1.29, 1.82) is 0 Å². The highest BCUT2D eigenvalue weighted by Gasteiger charge is 2.16. The van der Waals surface area contributed by atoms with Gasteiger partial charge in [0.1, 0.15) is 5.69 Å². The largest absolute Gasteiger partial charge is 0.464 e. The number of esters is 1. The minimum Gasteiger partial charge on any atom is -0.464 e. The fourth-order valence-electron chi connectivity index (χ4n) is 2.03. The fourth-order valence-corrected chi connectivity index (χ4v) is 2.03. The van der Waals surface area contributed by atoms with Gasteiger partial charge in [-0.3, -0.25) is 0 Å². The van der Waals surface area contributed by atoms with Gasteiger partial charge in [0.25, 0.3) is 0 Å². The van der Waals surface area contributed by atoms with Crippen molar-refractivity contribution in [2.75, 3.05) is 7.11 Å². The van der Waals surface area contributed by atoms with E-state index in [4.69, 9.17) is 4.74 Å². The maximum absolute atomic E-state index is 11.7. The number of hydrogen-bond donors (Lipinski definition) is 0. The van der Waals surface area contributed by atoms with E-state index in [1.165, 1.54) is 12.8 Å². The average molecular weight is 251 g/mol. The summed E-state index contributed by atoms with van der Waals surface area (Å²) < 4.78 is 6.95. The Labute approximate surface area is 110 Å². The number of hydrogen-bond acceptors (Lipinski definition) is 2. The molecule has 0 aliphatic heterocycles. The molecule has 0 amide bonds. The number of aryl methyl sites for hydroxylation is 1. The molecule has 0 N–H and O–H groups in total. The molecule has 0 unspecified atom stereocenters. The molecular weight excluding hydrogens is 226 g/mol. The van der Waals surface area contributed by atoms with Crippen LogP contribution in [0.1, 0.15) is 50.3 Å². The third-order valence-corrected chi connectivity index (χ3v) is 2.99. The predicted octanol–water partition coefficient (Wildman–Crippen LogP) is 3.52. The number of ether oxygens (including phenoxy) is 1. The molecule has 1 aromatic rings. The van der Waals surface area contributed by atoms with E-state index < -0.39 is 0 Å². The van der Waals surface area contributed by atoms with Crippen LogP contribution in [-0.2, 0) is 17.7 Å². The molecule has 1 rings (SSSR count). The highest BCUT2D eigenvalue weighted by molar-refractivity contribution is 5.87. The van der Waals surface area contributed by atoms with E-state index >= 15 is 0 Å². The number of carbonyl (C=O) groups is 1. The standard InChI is InChI=1S/C15H25NO2/c1-11(2)6-7-13-8-9-14(15(17)18-5)16(13)10-12(3)4/h8-9,11-12H,6-7,10H2,1-5H3. The van der Waals surface area contributed by atoms with Gasteiger partial charge in [0.15, 0.2) is 0 Å². The van der Waals surface area contributed by atoms with E-state index in [1.807, 2.05) is 6.07 Å². The molecule has 0 atom stereocenters. The van der Waals surface area contributed by atoms with Crippen molar-refractivity contribution in [1.82, 2.24) is 4.57 Å². The second-order valence-corrected chi connectivity index (χ2v) is 5.64. The quantitative estimate of drug-likeness (QED) is 0.724. The van der Waals surface area contributed by atoms with Gasteiger partial charge in [-0.25, -0.2) is 4.79 Å². The van der Waals surface area contributed by atoms with E-state index in [1.54, 1.807) is 0 Å². The van der Waals surface area contributed by atoms with Crippen molar-refractivity contribution in [3.63, 3.8) is 0 Å². The van der Waals surface area contributed by atoms with Gasteiger partial charge in [0.05, 0.1) is 7.11 Å². The van der Waals surface area contributed by atoms with Gasteiger partial charge in [-0.2, -0.15) is 0 Å². The molecule has 1 heterocycles. The molecule has 18 heavy (non-hydrogen) atoms. The molecule has 0 spiro atoms. The van der Waals surface area contributed by atoms with E-state index in [2.05, 4.69) is 38.3 Å². The molecule has 0 aromatic carbocycles. The lowest BCUT2D eigenvalue weighted by Gasteiger charge is -2.15. The highest BCUT2D eigenvalue weighted by Crippen LogP contribution is 2.17. The molecule has 3 heteroatoms. The van der Waals surface area contributed by atoms with Crippen LogP contribution < -0.4 is 0 Å². The molecule has 0 radical (unpaired) electrons. The van der Waals surface area contributed by atoms with Crippen molar-refractivity contribution >= 4 is 5.97 Å². The van der Waals surface area contributed by atoms with E-state index in [9.17, 15) is 4.79 Å². The second-order valence-electron chi connectivity index (χ2n) is 5.64. The minimum atomic E-state index is -0.244. The van der Waals surface area contributed by atoms with Crippen molar-refractivity contribution in [3.8, 4) is 0 Å². The Morgan fingerprint density at radius 2 is 1.89 bits per heavy atom. The third kappa shape index (κ3) is 3.90. The van der Waals surface area contributed by atoms with Crippen molar-refractivity contribution in [3.05, 3.63) is 23.5 Å². The van der Waals surface area contributed by atoms with Crippen molar-refractivity contribution < 1.29 is 9.53 Å². The monoisotopic (exact) mass is 251 g/mol. The summed E-state index contributed by atoms with van der Waals surface area (Å²) in [6.45, 7) is 9.62. The zero-order valence-corrected chi connectivity index (χ0v) is 12.2. The highest BCUT2D eigenvalue weighted by atomic mass is 16.5. The first kappa shape index (κ1) is 14.8.